The topological polar surface area (TPSA) is 49.3 Å². The number of carboxylic acids is 1. The van der Waals surface area contributed by atoms with Crippen molar-refractivity contribution in [1.29, 1.82) is 0 Å². The summed E-state index contributed by atoms with van der Waals surface area (Å²) in [6.07, 6.45) is 4.08. The van der Waals surface area contributed by atoms with E-state index in [9.17, 15) is 4.79 Å². The van der Waals surface area contributed by atoms with E-state index in [-0.39, 0.29) is 6.04 Å². The molecule has 0 fully saturated rings. The van der Waals surface area contributed by atoms with Crippen molar-refractivity contribution in [2.45, 2.75) is 33.2 Å². The van der Waals surface area contributed by atoms with E-state index in [4.69, 9.17) is 5.11 Å². The molecule has 2 aromatic rings. The molecule has 3 nitrogen and oxygen atoms in total. The van der Waals surface area contributed by atoms with Crippen molar-refractivity contribution in [2.75, 3.05) is 6.54 Å². The van der Waals surface area contributed by atoms with Crippen LogP contribution in [0.25, 0.3) is 10.8 Å². The SMILES string of the molecule is CC(NC/C=C/C#CCC(C)(C)C(=O)O)c1cccc2ccccc12. The third kappa shape index (κ3) is 5.20. The Hall–Kier alpha value is -2.57. The van der Waals surface area contributed by atoms with Gasteiger partial charge in [-0.05, 0) is 43.2 Å². The van der Waals surface area contributed by atoms with Gasteiger partial charge < -0.3 is 10.4 Å². The molecule has 0 saturated carbocycles. The van der Waals surface area contributed by atoms with Crippen LogP contribution in [0.15, 0.2) is 54.6 Å². The number of fused-ring (bicyclic) bond motifs is 1. The Morgan fingerprint density at radius 2 is 1.96 bits per heavy atom. The van der Waals surface area contributed by atoms with Crippen LogP contribution in [0.5, 0.6) is 0 Å². The Kier molecular flexibility index (Phi) is 6.38. The first-order valence-corrected chi connectivity index (χ1v) is 8.49. The monoisotopic (exact) mass is 335 g/mol. The largest absolute Gasteiger partial charge is 0.481 e. The minimum atomic E-state index is -0.823. The van der Waals surface area contributed by atoms with Crippen LogP contribution in [0.1, 0.15) is 38.8 Å². The van der Waals surface area contributed by atoms with Gasteiger partial charge in [0.15, 0.2) is 0 Å². The minimum Gasteiger partial charge on any atom is -0.481 e. The molecule has 0 radical (unpaired) electrons. The zero-order valence-electron chi connectivity index (χ0n) is 15.0. The predicted molar refractivity (Wildman–Crippen MR) is 103 cm³/mol. The van der Waals surface area contributed by atoms with E-state index in [0.717, 1.165) is 0 Å². The van der Waals surface area contributed by atoms with Crippen LogP contribution < -0.4 is 5.32 Å². The molecular formula is C22H25NO2. The Balaban J connectivity index is 1.88. The number of allylic oxidation sites excluding steroid dienone is 1. The lowest BCUT2D eigenvalue weighted by atomic mass is 9.90. The molecule has 0 aliphatic rings. The highest BCUT2D eigenvalue weighted by Crippen LogP contribution is 2.23. The first kappa shape index (κ1) is 18.8. The highest BCUT2D eigenvalue weighted by Gasteiger charge is 2.25. The molecule has 2 rings (SSSR count). The molecule has 0 bridgehead atoms. The lowest BCUT2D eigenvalue weighted by molar-refractivity contribution is -0.146. The fourth-order valence-corrected chi connectivity index (χ4v) is 2.51. The fourth-order valence-electron chi connectivity index (χ4n) is 2.51. The smallest absolute Gasteiger partial charge is 0.310 e. The van der Waals surface area contributed by atoms with Gasteiger partial charge in [-0.1, -0.05) is 60.4 Å². The summed E-state index contributed by atoms with van der Waals surface area (Å²) in [5.74, 6) is 4.99. The van der Waals surface area contributed by atoms with Crippen LogP contribution in [-0.2, 0) is 4.79 Å². The highest BCUT2D eigenvalue weighted by atomic mass is 16.4. The van der Waals surface area contributed by atoms with Crippen molar-refractivity contribution in [3.8, 4) is 11.8 Å². The van der Waals surface area contributed by atoms with Gasteiger partial charge in [0.25, 0.3) is 0 Å². The summed E-state index contributed by atoms with van der Waals surface area (Å²) in [4.78, 5) is 11.0. The quantitative estimate of drug-likeness (QED) is 0.761. The van der Waals surface area contributed by atoms with E-state index in [0.29, 0.717) is 13.0 Å². The van der Waals surface area contributed by atoms with Gasteiger partial charge in [0.2, 0.25) is 0 Å². The Labute approximate surface area is 149 Å². The number of carbonyl (C=O) groups is 1. The van der Waals surface area contributed by atoms with Gasteiger partial charge in [0, 0.05) is 19.0 Å². The standard InChI is InChI=1S/C22H25NO2/c1-17(19-14-10-12-18-11-6-7-13-20(18)19)23-16-9-5-4-8-15-22(2,3)21(24)25/h5-7,9-14,17,23H,15-16H2,1-3H3,(H,24,25)/b9-5+. The normalized spacial score (nSPS) is 12.8. The number of aliphatic carboxylic acids is 1. The summed E-state index contributed by atoms with van der Waals surface area (Å²) in [6.45, 7) is 6.22. The molecule has 0 heterocycles. The van der Waals surface area contributed by atoms with Crippen LogP contribution in [0.3, 0.4) is 0 Å². The molecule has 1 atom stereocenters. The van der Waals surface area contributed by atoms with Gasteiger partial charge in [0.05, 0.1) is 5.41 Å². The third-order valence-corrected chi connectivity index (χ3v) is 4.24. The molecule has 0 aliphatic heterocycles. The molecular weight excluding hydrogens is 310 g/mol. The van der Waals surface area contributed by atoms with Gasteiger partial charge in [-0.2, -0.15) is 0 Å². The average molecular weight is 335 g/mol. The summed E-state index contributed by atoms with van der Waals surface area (Å²) in [5.41, 5.74) is 0.475. The van der Waals surface area contributed by atoms with Gasteiger partial charge in [0.1, 0.15) is 0 Å². The fraction of sp³-hybridized carbons (Fsp3) is 0.318. The van der Waals surface area contributed by atoms with Crippen molar-refractivity contribution in [3.05, 3.63) is 60.2 Å². The summed E-state index contributed by atoms with van der Waals surface area (Å²) >= 11 is 0. The molecule has 1 unspecified atom stereocenters. The maximum Gasteiger partial charge on any atom is 0.310 e. The number of benzene rings is 2. The van der Waals surface area contributed by atoms with Gasteiger partial charge in [-0.15, -0.1) is 0 Å². The highest BCUT2D eigenvalue weighted by molar-refractivity contribution is 5.86. The first-order chi connectivity index (χ1) is 11.9. The lowest BCUT2D eigenvalue weighted by Gasteiger charge is -2.15. The maximum atomic E-state index is 11.0. The Morgan fingerprint density at radius 1 is 1.24 bits per heavy atom. The van der Waals surface area contributed by atoms with Crippen molar-refractivity contribution < 1.29 is 9.90 Å². The van der Waals surface area contributed by atoms with E-state index >= 15 is 0 Å². The molecule has 2 N–H and O–H groups in total. The number of carboxylic acid groups (broad SMARTS) is 1. The third-order valence-electron chi connectivity index (χ3n) is 4.24. The van der Waals surface area contributed by atoms with Gasteiger partial charge in [-0.3, -0.25) is 4.79 Å². The number of hydrogen-bond donors (Lipinski definition) is 2. The lowest BCUT2D eigenvalue weighted by Crippen LogP contribution is -2.22. The molecule has 0 aliphatic carbocycles. The van der Waals surface area contributed by atoms with Crippen LogP contribution in [-0.4, -0.2) is 17.6 Å². The van der Waals surface area contributed by atoms with Crippen LogP contribution in [0.2, 0.25) is 0 Å². The van der Waals surface area contributed by atoms with Crippen LogP contribution in [0, 0.1) is 17.3 Å². The molecule has 0 spiro atoms. The number of rotatable bonds is 6. The minimum absolute atomic E-state index is 0.231. The first-order valence-electron chi connectivity index (χ1n) is 8.49. The zero-order valence-corrected chi connectivity index (χ0v) is 15.0. The van der Waals surface area contributed by atoms with Crippen molar-refractivity contribution >= 4 is 16.7 Å². The second-order valence-corrected chi connectivity index (χ2v) is 6.79. The van der Waals surface area contributed by atoms with Crippen molar-refractivity contribution in [1.82, 2.24) is 5.32 Å². The van der Waals surface area contributed by atoms with E-state index in [1.54, 1.807) is 19.9 Å². The maximum absolute atomic E-state index is 11.0. The van der Waals surface area contributed by atoms with E-state index in [1.807, 2.05) is 6.08 Å². The molecule has 25 heavy (non-hydrogen) atoms. The van der Waals surface area contributed by atoms with E-state index < -0.39 is 11.4 Å². The number of nitrogens with one attached hydrogen (secondary N) is 1. The zero-order chi connectivity index (χ0) is 18.3. The van der Waals surface area contributed by atoms with Gasteiger partial charge in [-0.25, -0.2) is 0 Å². The second-order valence-electron chi connectivity index (χ2n) is 6.79. The van der Waals surface area contributed by atoms with Crippen LogP contribution >= 0.6 is 0 Å². The average Bonchev–Trinajstić information content (AvgIpc) is 2.60. The van der Waals surface area contributed by atoms with Crippen molar-refractivity contribution in [2.24, 2.45) is 5.41 Å². The van der Waals surface area contributed by atoms with Gasteiger partial charge >= 0.3 is 5.97 Å². The number of hydrogen-bond acceptors (Lipinski definition) is 2. The van der Waals surface area contributed by atoms with E-state index in [1.165, 1.54) is 16.3 Å². The second kappa shape index (κ2) is 8.50. The molecule has 2 aromatic carbocycles. The Morgan fingerprint density at radius 3 is 2.72 bits per heavy atom. The molecule has 130 valence electrons. The molecule has 0 amide bonds. The molecule has 3 heteroatoms. The van der Waals surface area contributed by atoms with Crippen LogP contribution in [0.4, 0.5) is 0 Å². The Bertz CT molecular complexity index is 819. The summed E-state index contributed by atoms with van der Waals surface area (Å²) in [5, 5.41) is 15.0. The van der Waals surface area contributed by atoms with E-state index in [2.05, 4.69) is 66.5 Å². The predicted octanol–water partition coefficient (Wildman–Crippen LogP) is 4.55. The summed E-state index contributed by atoms with van der Waals surface area (Å²) in [6, 6.07) is 15.0. The molecule has 0 aromatic heterocycles. The summed E-state index contributed by atoms with van der Waals surface area (Å²) in [7, 11) is 0. The molecule has 0 saturated heterocycles. The summed E-state index contributed by atoms with van der Waals surface area (Å²) < 4.78 is 0. The van der Waals surface area contributed by atoms with Crippen molar-refractivity contribution in [3.63, 3.8) is 0 Å².